The van der Waals surface area contributed by atoms with Crippen molar-refractivity contribution >= 4 is 42.3 Å². The molecule has 2 heterocycles. The monoisotopic (exact) mass is 710 g/mol. The number of sulfone groups is 2. The molecule has 0 bridgehead atoms. The Kier molecular flexibility index (Phi) is 15.7. The van der Waals surface area contributed by atoms with E-state index in [1.165, 1.54) is 0 Å². The summed E-state index contributed by atoms with van der Waals surface area (Å²) in [5, 5.41) is 1.46. The number of hydrogen-bond acceptors (Lipinski definition) is 6. The lowest BCUT2D eigenvalue weighted by atomic mass is 10.1. The van der Waals surface area contributed by atoms with Crippen LogP contribution in [0.15, 0.2) is 20.6 Å². The van der Waals surface area contributed by atoms with Crippen molar-refractivity contribution in [3.8, 4) is 9.75 Å². The topological polar surface area (TPSA) is 68.3 Å². The summed E-state index contributed by atoms with van der Waals surface area (Å²) < 4.78 is 138. The van der Waals surface area contributed by atoms with Gasteiger partial charge >= 0.3 is 12.4 Å². The second-order valence-corrected chi connectivity index (χ2v) is 17.1. The van der Waals surface area contributed by atoms with Gasteiger partial charge in [0.05, 0.1) is 42.2 Å². The maximum atomic E-state index is 14.3. The van der Waals surface area contributed by atoms with Crippen LogP contribution in [0.1, 0.15) is 128 Å². The van der Waals surface area contributed by atoms with Gasteiger partial charge in [0, 0.05) is 10.8 Å². The van der Waals surface area contributed by atoms with Crippen LogP contribution < -0.4 is 0 Å². The van der Waals surface area contributed by atoms with E-state index in [-0.39, 0.29) is 35.5 Å². The molecule has 0 atom stereocenters. The molecule has 0 spiro atoms. The zero-order valence-corrected chi connectivity index (χ0v) is 28.7. The van der Waals surface area contributed by atoms with Crippen molar-refractivity contribution in [3.05, 3.63) is 21.9 Å². The molecule has 0 unspecified atom stereocenters. The molecule has 0 amide bonds. The lowest BCUT2D eigenvalue weighted by Gasteiger charge is -2.14. The largest absolute Gasteiger partial charge is 0.419 e. The molecule has 0 aromatic carbocycles. The van der Waals surface area contributed by atoms with Gasteiger partial charge in [-0.05, 0) is 12.8 Å². The molecule has 44 heavy (non-hydrogen) atoms. The fraction of sp³-hybridized carbons (Fsp3) is 0.733. The fourth-order valence-corrected chi connectivity index (χ4v) is 11.4. The van der Waals surface area contributed by atoms with Crippen molar-refractivity contribution in [1.82, 2.24) is 0 Å². The Morgan fingerprint density at radius 1 is 0.500 bits per heavy atom. The zero-order chi connectivity index (χ0) is 33.0. The van der Waals surface area contributed by atoms with Gasteiger partial charge in [0.15, 0.2) is 19.7 Å². The second kappa shape index (κ2) is 17.7. The van der Waals surface area contributed by atoms with E-state index >= 15 is 0 Å². The summed E-state index contributed by atoms with van der Waals surface area (Å²) in [5.41, 5.74) is -3.33. The highest BCUT2D eigenvalue weighted by atomic mass is 32.2. The smallest absolute Gasteiger partial charge is 0.224 e. The van der Waals surface area contributed by atoms with E-state index in [1.54, 1.807) is 0 Å². The van der Waals surface area contributed by atoms with Crippen molar-refractivity contribution in [2.24, 2.45) is 0 Å². The minimum atomic E-state index is -5.28. The average molecular weight is 711 g/mol. The third-order valence-electron chi connectivity index (χ3n) is 7.49. The highest BCUT2D eigenvalue weighted by molar-refractivity contribution is 7.92. The third-order valence-corrected chi connectivity index (χ3v) is 13.6. The molecule has 0 saturated heterocycles. The number of hydrogen-bond donors (Lipinski definition) is 0. The predicted octanol–water partition coefficient (Wildman–Crippen LogP) is 11.3. The van der Waals surface area contributed by atoms with Crippen molar-refractivity contribution in [2.75, 3.05) is 11.5 Å². The molecule has 0 radical (unpaired) electrons. The Morgan fingerprint density at radius 2 is 0.773 bits per heavy atom. The van der Waals surface area contributed by atoms with Crippen LogP contribution in [0.2, 0.25) is 0 Å². The normalized spacial score (nSPS) is 13.2. The molecule has 0 saturated carbocycles. The molecule has 0 fully saturated rings. The Hall–Kier alpha value is -1.12. The number of unbranched alkanes of at least 4 members (excludes halogenated alkanes) is 14. The average Bonchev–Trinajstić information content (AvgIpc) is 3.58. The maximum Gasteiger partial charge on any atom is 0.419 e. The Bertz CT molecular complexity index is 1250. The summed E-state index contributed by atoms with van der Waals surface area (Å²) >= 11 is 0.482. The molecular formula is C30H44F6O4S4. The van der Waals surface area contributed by atoms with Crippen molar-refractivity contribution in [3.63, 3.8) is 0 Å². The van der Waals surface area contributed by atoms with Gasteiger partial charge in [-0.2, -0.15) is 26.3 Å². The SMILES string of the molecule is CCCCCCCCCCS(=O)(=O)c1csc(-c2scc(S(=O)(=O)CCCCCCCCCC)c2C(F)(F)F)c1C(F)(F)F. The zero-order valence-electron chi connectivity index (χ0n) is 25.4. The minimum absolute atomic E-state index is 0.131. The molecule has 254 valence electrons. The Morgan fingerprint density at radius 3 is 1.05 bits per heavy atom. The van der Waals surface area contributed by atoms with Crippen LogP contribution in [0.5, 0.6) is 0 Å². The van der Waals surface area contributed by atoms with Crippen molar-refractivity contribution < 1.29 is 43.2 Å². The number of thiophene rings is 2. The first kappa shape index (κ1) is 39.1. The van der Waals surface area contributed by atoms with E-state index in [4.69, 9.17) is 0 Å². The number of rotatable bonds is 21. The minimum Gasteiger partial charge on any atom is -0.224 e. The van der Waals surface area contributed by atoms with Crippen LogP contribution in [0.25, 0.3) is 9.75 Å². The highest BCUT2D eigenvalue weighted by Crippen LogP contribution is 2.52. The lowest BCUT2D eigenvalue weighted by molar-refractivity contribution is -0.141. The van der Waals surface area contributed by atoms with Crippen LogP contribution >= 0.6 is 22.7 Å². The third kappa shape index (κ3) is 11.6. The van der Waals surface area contributed by atoms with Gasteiger partial charge in [-0.25, -0.2) is 16.8 Å². The summed E-state index contributed by atoms with van der Waals surface area (Å²) in [6, 6.07) is 0. The van der Waals surface area contributed by atoms with Crippen LogP contribution in [0.3, 0.4) is 0 Å². The van der Waals surface area contributed by atoms with Crippen LogP contribution in [-0.2, 0) is 32.0 Å². The van der Waals surface area contributed by atoms with E-state index in [2.05, 4.69) is 13.8 Å². The fourth-order valence-electron chi connectivity index (χ4n) is 5.08. The standard InChI is InChI=1S/C30H44F6O4S4/c1-3-5-7-9-11-13-15-17-19-43(37,38)23-21-41-27(25(23)29(31,32)33)28-26(30(34,35)36)24(22-42-28)44(39,40)20-18-16-14-12-10-8-6-4-2/h21-22H,3-20H2,1-2H3. The van der Waals surface area contributed by atoms with Gasteiger partial charge < -0.3 is 0 Å². The first-order valence-electron chi connectivity index (χ1n) is 15.4. The quantitative estimate of drug-likeness (QED) is 0.0955. The summed E-state index contributed by atoms with van der Waals surface area (Å²) in [6.45, 7) is 4.16. The van der Waals surface area contributed by atoms with Gasteiger partial charge in [-0.3, -0.25) is 0 Å². The van der Waals surface area contributed by atoms with Crippen molar-refractivity contribution in [2.45, 2.75) is 139 Å². The number of alkyl halides is 6. The molecular weight excluding hydrogens is 667 g/mol. The molecule has 2 rings (SSSR count). The molecule has 0 aliphatic rings. The van der Waals surface area contributed by atoms with E-state index in [0.29, 0.717) is 12.8 Å². The van der Waals surface area contributed by atoms with E-state index < -0.39 is 74.2 Å². The molecule has 4 nitrogen and oxygen atoms in total. The van der Waals surface area contributed by atoms with Crippen LogP contribution in [0, 0.1) is 0 Å². The molecule has 0 aliphatic heterocycles. The molecule has 2 aromatic rings. The van der Waals surface area contributed by atoms with E-state index in [1.807, 2.05) is 0 Å². The van der Waals surface area contributed by atoms with Gasteiger partial charge in [0.25, 0.3) is 0 Å². The predicted molar refractivity (Wildman–Crippen MR) is 167 cm³/mol. The Labute approximate surface area is 266 Å². The van der Waals surface area contributed by atoms with Gasteiger partial charge in [0.1, 0.15) is 0 Å². The molecule has 2 aromatic heterocycles. The summed E-state index contributed by atoms with van der Waals surface area (Å²) in [6.07, 6.45) is 2.43. The first-order valence-corrected chi connectivity index (χ1v) is 20.5. The van der Waals surface area contributed by atoms with Crippen LogP contribution in [0.4, 0.5) is 26.3 Å². The molecule has 0 aliphatic carbocycles. The van der Waals surface area contributed by atoms with E-state index in [0.717, 1.165) is 87.8 Å². The summed E-state index contributed by atoms with van der Waals surface area (Å²) in [7, 11) is -8.92. The molecule has 0 N–H and O–H groups in total. The number of halogens is 6. The second-order valence-electron chi connectivity index (χ2n) is 11.2. The van der Waals surface area contributed by atoms with Gasteiger partial charge in [0.2, 0.25) is 0 Å². The lowest BCUT2D eigenvalue weighted by Crippen LogP contribution is -2.16. The van der Waals surface area contributed by atoms with Crippen LogP contribution in [-0.4, -0.2) is 28.3 Å². The van der Waals surface area contributed by atoms with E-state index in [9.17, 15) is 43.2 Å². The van der Waals surface area contributed by atoms with Gasteiger partial charge in [-0.1, -0.05) is 104 Å². The van der Waals surface area contributed by atoms with Crippen molar-refractivity contribution in [1.29, 1.82) is 0 Å². The summed E-state index contributed by atoms with van der Waals surface area (Å²) in [4.78, 5) is -3.98. The Balaban J connectivity index is 2.30. The maximum absolute atomic E-state index is 14.3. The molecule has 14 heteroatoms. The first-order chi connectivity index (χ1) is 20.6. The highest BCUT2D eigenvalue weighted by Gasteiger charge is 2.46. The van der Waals surface area contributed by atoms with Gasteiger partial charge in [-0.15, -0.1) is 22.7 Å². The summed E-state index contributed by atoms with van der Waals surface area (Å²) in [5.74, 6) is -1.12.